The summed E-state index contributed by atoms with van der Waals surface area (Å²) < 4.78 is 1.89. The molecule has 2 rings (SSSR count). The van der Waals surface area contributed by atoms with Gasteiger partial charge in [0.15, 0.2) is 0 Å². The van der Waals surface area contributed by atoms with E-state index in [-0.39, 0.29) is 0 Å². The van der Waals surface area contributed by atoms with Crippen molar-refractivity contribution >= 4 is 0 Å². The molecule has 2 heterocycles. The molecule has 0 aliphatic carbocycles. The molecule has 1 N–H and O–H groups in total. The smallest absolute Gasteiger partial charge is 0.137 e. The van der Waals surface area contributed by atoms with E-state index >= 15 is 0 Å². The lowest BCUT2D eigenvalue weighted by molar-refractivity contribution is 0.0591. The highest BCUT2D eigenvalue weighted by Crippen LogP contribution is 2.20. The van der Waals surface area contributed by atoms with Gasteiger partial charge in [-0.2, -0.15) is 0 Å². The van der Waals surface area contributed by atoms with Crippen LogP contribution in [0.5, 0.6) is 0 Å². The Bertz CT molecular complexity index is 365. The zero-order valence-electron chi connectivity index (χ0n) is 10.9. The lowest BCUT2D eigenvalue weighted by atomic mass is 10.0. The zero-order chi connectivity index (χ0) is 12.4. The zero-order valence-corrected chi connectivity index (χ0v) is 10.9. The first-order valence-corrected chi connectivity index (χ1v) is 6.12. The van der Waals surface area contributed by atoms with Gasteiger partial charge in [-0.05, 0) is 20.5 Å². The molecule has 1 aliphatic rings. The maximum atomic E-state index is 10.2. The summed E-state index contributed by atoms with van der Waals surface area (Å²) in [6, 6.07) is 0.403. The van der Waals surface area contributed by atoms with Gasteiger partial charge >= 0.3 is 0 Å². The van der Waals surface area contributed by atoms with Crippen LogP contribution >= 0.6 is 0 Å². The summed E-state index contributed by atoms with van der Waals surface area (Å²) in [5, 5.41) is 10.2. The number of aromatic nitrogens is 2. The van der Waals surface area contributed by atoms with Crippen LogP contribution < -0.4 is 0 Å². The van der Waals surface area contributed by atoms with Crippen LogP contribution in [0.25, 0.3) is 0 Å². The normalized spacial score (nSPS) is 25.1. The third-order valence-electron chi connectivity index (χ3n) is 3.63. The van der Waals surface area contributed by atoms with Gasteiger partial charge < -0.3 is 19.5 Å². The number of nitrogens with zero attached hydrogens (tertiary/aromatic N) is 4. The van der Waals surface area contributed by atoms with Crippen molar-refractivity contribution in [3.05, 3.63) is 18.2 Å². The summed E-state index contributed by atoms with van der Waals surface area (Å²) >= 11 is 0. The van der Waals surface area contributed by atoms with Crippen molar-refractivity contribution < 1.29 is 5.11 Å². The molecule has 5 nitrogen and oxygen atoms in total. The van der Waals surface area contributed by atoms with Crippen LogP contribution in [-0.2, 0) is 7.05 Å². The summed E-state index contributed by atoms with van der Waals surface area (Å²) in [5.41, 5.74) is 0. The molecule has 1 aliphatic heterocycles. The van der Waals surface area contributed by atoms with Crippen molar-refractivity contribution in [3.63, 3.8) is 0 Å². The maximum Gasteiger partial charge on any atom is 0.137 e. The number of aliphatic hydroxyl groups is 1. The van der Waals surface area contributed by atoms with E-state index in [9.17, 15) is 5.11 Å². The third-order valence-corrected chi connectivity index (χ3v) is 3.63. The summed E-state index contributed by atoms with van der Waals surface area (Å²) in [7, 11) is 6.18. The number of likely N-dealkylation sites (N-methyl/N-ethyl adjacent to an activating group) is 2. The summed E-state index contributed by atoms with van der Waals surface area (Å²) in [6.45, 7) is 3.18. The largest absolute Gasteiger partial charge is 0.385 e. The van der Waals surface area contributed by atoms with Crippen molar-refractivity contribution in [3.8, 4) is 0 Å². The molecule has 0 saturated carbocycles. The predicted octanol–water partition coefficient (Wildman–Crippen LogP) is 0.0894. The first-order valence-electron chi connectivity index (χ1n) is 6.12. The van der Waals surface area contributed by atoms with Gasteiger partial charge in [-0.1, -0.05) is 0 Å². The van der Waals surface area contributed by atoms with Gasteiger partial charge in [0, 0.05) is 45.1 Å². The number of imidazole rings is 1. The molecule has 17 heavy (non-hydrogen) atoms. The topological polar surface area (TPSA) is 44.5 Å². The third kappa shape index (κ3) is 2.86. The number of aliphatic hydroxyl groups excluding tert-OH is 1. The van der Waals surface area contributed by atoms with Crippen LogP contribution in [-0.4, -0.2) is 64.2 Å². The number of rotatable bonds is 3. The fourth-order valence-corrected chi connectivity index (χ4v) is 2.42. The monoisotopic (exact) mass is 238 g/mol. The van der Waals surface area contributed by atoms with Crippen LogP contribution in [0.2, 0.25) is 0 Å². The molecule has 1 saturated heterocycles. The molecule has 0 amide bonds. The van der Waals surface area contributed by atoms with Gasteiger partial charge in [-0.25, -0.2) is 4.98 Å². The molecule has 96 valence electrons. The van der Waals surface area contributed by atoms with Gasteiger partial charge in [-0.3, -0.25) is 0 Å². The van der Waals surface area contributed by atoms with Gasteiger partial charge in [0.2, 0.25) is 0 Å². The van der Waals surface area contributed by atoms with E-state index in [2.05, 4.69) is 28.9 Å². The average Bonchev–Trinajstić information content (AvgIpc) is 2.70. The number of hydrogen-bond donors (Lipinski definition) is 1. The summed E-state index contributed by atoms with van der Waals surface area (Å²) in [4.78, 5) is 8.85. The number of hydrogen-bond acceptors (Lipinski definition) is 4. The first-order chi connectivity index (χ1) is 8.08. The molecule has 0 bridgehead atoms. The van der Waals surface area contributed by atoms with E-state index in [0.29, 0.717) is 6.04 Å². The van der Waals surface area contributed by atoms with E-state index in [4.69, 9.17) is 0 Å². The van der Waals surface area contributed by atoms with Crippen LogP contribution in [0.15, 0.2) is 12.4 Å². The van der Waals surface area contributed by atoms with Crippen molar-refractivity contribution in [2.45, 2.75) is 18.6 Å². The minimum atomic E-state index is -0.478. The van der Waals surface area contributed by atoms with E-state index < -0.39 is 6.10 Å². The fourth-order valence-electron chi connectivity index (χ4n) is 2.42. The van der Waals surface area contributed by atoms with Crippen LogP contribution in [0.1, 0.15) is 18.3 Å². The molecule has 5 heteroatoms. The Labute approximate surface area is 103 Å². The van der Waals surface area contributed by atoms with Gasteiger partial charge in [0.25, 0.3) is 0 Å². The minimum absolute atomic E-state index is 0.403. The van der Waals surface area contributed by atoms with Crippen molar-refractivity contribution in [1.82, 2.24) is 19.4 Å². The average molecular weight is 238 g/mol. The van der Waals surface area contributed by atoms with Crippen molar-refractivity contribution in [2.24, 2.45) is 7.05 Å². The highest BCUT2D eigenvalue weighted by molar-refractivity contribution is 4.97. The van der Waals surface area contributed by atoms with Gasteiger partial charge in [0.1, 0.15) is 11.9 Å². The first kappa shape index (κ1) is 12.5. The van der Waals surface area contributed by atoms with Crippen molar-refractivity contribution in [2.75, 3.05) is 33.7 Å². The van der Waals surface area contributed by atoms with E-state index in [1.807, 2.05) is 17.8 Å². The molecule has 2 atom stereocenters. The molecule has 1 aromatic rings. The molecular formula is C12H22N4O. The molecular weight excluding hydrogens is 216 g/mol. The Kier molecular flexibility index (Phi) is 3.81. The minimum Gasteiger partial charge on any atom is -0.385 e. The van der Waals surface area contributed by atoms with Gasteiger partial charge in [0.05, 0.1) is 0 Å². The van der Waals surface area contributed by atoms with Crippen LogP contribution in [0.3, 0.4) is 0 Å². The number of piperazine rings is 1. The second kappa shape index (κ2) is 5.16. The van der Waals surface area contributed by atoms with Crippen LogP contribution in [0, 0.1) is 0 Å². The lowest BCUT2D eigenvalue weighted by Crippen LogP contribution is -2.50. The fraction of sp³-hybridized carbons (Fsp3) is 0.750. The Morgan fingerprint density at radius 3 is 2.82 bits per heavy atom. The molecule has 0 aromatic carbocycles. The van der Waals surface area contributed by atoms with Crippen LogP contribution in [0.4, 0.5) is 0 Å². The summed E-state index contributed by atoms with van der Waals surface area (Å²) in [6.07, 6.45) is 3.87. The van der Waals surface area contributed by atoms with E-state index in [0.717, 1.165) is 31.9 Å². The van der Waals surface area contributed by atoms with Gasteiger partial charge in [-0.15, -0.1) is 0 Å². The second-order valence-corrected chi connectivity index (χ2v) is 5.04. The maximum absolute atomic E-state index is 10.2. The molecule has 0 spiro atoms. The highest BCUT2D eigenvalue weighted by Gasteiger charge is 2.26. The Hall–Kier alpha value is -0.910. The molecule has 1 fully saturated rings. The molecule has 1 aromatic heterocycles. The second-order valence-electron chi connectivity index (χ2n) is 5.04. The number of aryl methyl sites for hydroxylation is 1. The van der Waals surface area contributed by atoms with Crippen molar-refractivity contribution in [1.29, 1.82) is 0 Å². The quantitative estimate of drug-likeness (QED) is 0.810. The molecule has 0 radical (unpaired) electrons. The Morgan fingerprint density at radius 2 is 2.18 bits per heavy atom. The van der Waals surface area contributed by atoms with E-state index in [1.165, 1.54) is 0 Å². The standard InChI is InChI=1S/C12H22N4O/c1-14-6-7-15(2)10(9-14)8-11(17)12-13-4-5-16(12)3/h4-5,10-11,17H,6-9H2,1-3H3. The molecule has 2 unspecified atom stereocenters. The lowest BCUT2D eigenvalue weighted by Gasteiger charge is -2.38. The predicted molar refractivity (Wildman–Crippen MR) is 66.7 cm³/mol. The Balaban J connectivity index is 1.98. The summed E-state index contributed by atoms with van der Waals surface area (Å²) in [5.74, 6) is 0.756. The Morgan fingerprint density at radius 1 is 1.41 bits per heavy atom. The van der Waals surface area contributed by atoms with E-state index in [1.54, 1.807) is 6.20 Å². The SMILES string of the molecule is CN1CCN(C)C(CC(O)c2nccn2C)C1. The highest BCUT2D eigenvalue weighted by atomic mass is 16.3.